The molecule has 0 bridgehead atoms. The van der Waals surface area contributed by atoms with Crippen LogP contribution in [0, 0.1) is 0 Å². The van der Waals surface area contributed by atoms with E-state index in [9.17, 15) is 0 Å². The summed E-state index contributed by atoms with van der Waals surface area (Å²) in [6.07, 6.45) is 6.61. The summed E-state index contributed by atoms with van der Waals surface area (Å²) in [7, 11) is 0. The van der Waals surface area contributed by atoms with E-state index in [1.807, 2.05) is 6.20 Å². The lowest BCUT2D eigenvalue weighted by atomic mass is 10.4. The van der Waals surface area contributed by atoms with Crippen LogP contribution in [0.5, 0.6) is 0 Å². The summed E-state index contributed by atoms with van der Waals surface area (Å²) in [4.78, 5) is 5.67. The van der Waals surface area contributed by atoms with Gasteiger partial charge < -0.3 is 4.57 Å². The highest BCUT2D eigenvalue weighted by Gasteiger charge is 2.25. The molecule has 2 nitrogen and oxygen atoms in total. The molecule has 1 fully saturated rings. The van der Waals surface area contributed by atoms with Gasteiger partial charge in [0.2, 0.25) is 0 Å². The molecule has 0 N–H and O–H groups in total. The Labute approximate surface area is 80.9 Å². The minimum Gasteiger partial charge on any atom is -0.327 e. The molecular weight excluding hydrogens is 180 g/mol. The van der Waals surface area contributed by atoms with Gasteiger partial charge in [-0.1, -0.05) is 6.07 Å². The van der Waals surface area contributed by atoms with Gasteiger partial charge in [0.05, 0.1) is 4.88 Å². The van der Waals surface area contributed by atoms with Crippen LogP contribution in [0.2, 0.25) is 0 Å². The van der Waals surface area contributed by atoms with Crippen molar-refractivity contribution in [1.29, 1.82) is 0 Å². The molecule has 1 saturated carbocycles. The first-order valence-electron chi connectivity index (χ1n) is 4.52. The molecule has 0 saturated heterocycles. The molecule has 0 atom stereocenters. The first kappa shape index (κ1) is 7.33. The van der Waals surface area contributed by atoms with Crippen molar-refractivity contribution >= 4 is 11.3 Å². The molecule has 2 aromatic heterocycles. The number of aromatic nitrogens is 2. The smallest absolute Gasteiger partial charge is 0.150 e. The molecule has 0 aliphatic heterocycles. The lowest BCUT2D eigenvalue weighted by Gasteiger charge is -2.02. The Morgan fingerprint density at radius 2 is 2.38 bits per heavy atom. The van der Waals surface area contributed by atoms with Gasteiger partial charge in [0.25, 0.3) is 0 Å². The van der Waals surface area contributed by atoms with E-state index in [1.54, 1.807) is 11.3 Å². The minimum atomic E-state index is 0.722. The van der Waals surface area contributed by atoms with E-state index in [4.69, 9.17) is 0 Å². The molecule has 3 heteroatoms. The summed E-state index contributed by atoms with van der Waals surface area (Å²) < 4.78 is 2.30. The van der Waals surface area contributed by atoms with Gasteiger partial charge in [0.1, 0.15) is 5.82 Å². The average Bonchev–Trinajstić information content (AvgIpc) is 2.72. The van der Waals surface area contributed by atoms with Crippen molar-refractivity contribution in [3.63, 3.8) is 0 Å². The first-order valence-corrected chi connectivity index (χ1v) is 5.40. The Hall–Kier alpha value is -1.09. The second-order valence-electron chi connectivity index (χ2n) is 3.37. The zero-order valence-corrected chi connectivity index (χ0v) is 8.00. The SMILES string of the molecule is c1csc(-c2nccn2C2CC2)c1. The number of hydrogen-bond donors (Lipinski definition) is 0. The van der Waals surface area contributed by atoms with Gasteiger partial charge >= 0.3 is 0 Å². The van der Waals surface area contributed by atoms with Crippen molar-refractivity contribution in [2.24, 2.45) is 0 Å². The molecule has 0 radical (unpaired) electrons. The van der Waals surface area contributed by atoms with Gasteiger partial charge in [-0.3, -0.25) is 0 Å². The van der Waals surface area contributed by atoms with Crippen molar-refractivity contribution in [3.05, 3.63) is 29.9 Å². The van der Waals surface area contributed by atoms with Crippen molar-refractivity contribution in [3.8, 4) is 10.7 Å². The fourth-order valence-electron chi connectivity index (χ4n) is 1.56. The Morgan fingerprint density at radius 1 is 1.46 bits per heavy atom. The largest absolute Gasteiger partial charge is 0.327 e. The monoisotopic (exact) mass is 190 g/mol. The van der Waals surface area contributed by atoms with Crippen LogP contribution in [-0.2, 0) is 0 Å². The fraction of sp³-hybridized carbons (Fsp3) is 0.300. The van der Waals surface area contributed by atoms with E-state index in [2.05, 4.69) is 33.3 Å². The van der Waals surface area contributed by atoms with Gasteiger partial charge in [-0.15, -0.1) is 11.3 Å². The van der Waals surface area contributed by atoms with Crippen molar-refractivity contribution < 1.29 is 0 Å². The zero-order valence-electron chi connectivity index (χ0n) is 7.18. The summed E-state index contributed by atoms with van der Waals surface area (Å²) in [6.45, 7) is 0. The minimum absolute atomic E-state index is 0.722. The summed E-state index contributed by atoms with van der Waals surface area (Å²) in [5.41, 5.74) is 0. The van der Waals surface area contributed by atoms with Crippen molar-refractivity contribution in [1.82, 2.24) is 9.55 Å². The molecule has 3 rings (SSSR count). The topological polar surface area (TPSA) is 17.8 Å². The lowest BCUT2D eigenvalue weighted by molar-refractivity contribution is 0.751. The molecular formula is C10H10N2S. The van der Waals surface area contributed by atoms with E-state index < -0.39 is 0 Å². The third-order valence-electron chi connectivity index (χ3n) is 2.35. The maximum absolute atomic E-state index is 4.39. The zero-order chi connectivity index (χ0) is 8.67. The normalized spacial score (nSPS) is 16.3. The summed E-state index contributed by atoms with van der Waals surface area (Å²) in [6, 6.07) is 4.93. The van der Waals surface area contributed by atoms with E-state index in [0.29, 0.717) is 0 Å². The van der Waals surface area contributed by atoms with Crippen LogP contribution in [0.15, 0.2) is 29.9 Å². The predicted molar refractivity (Wildman–Crippen MR) is 53.8 cm³/mol. The maximum atomic E-state index is 4.39. The molecule has 2 heterocycles. The third kappa shape index (κ3) is 1.20. The van der Waals surface area contributed by atoms with E-state index >= 15 is 0 Å². The van der Waals surface area contributed by atoms with E-state index in [-0.39, 0.29) is 0 Å². The average molecular weight is 190 g/mol. The second-order valence-corrected chi connectivity index (χ2v) is 4.31. The van der Waals surface area contributed by atoms with Crippen LogP contribution in [0.4, 0.5) is 0 Å². The predicted octanol–water partition coefficient (Wildman–Crippen LogP) is 2.95. The molecule has 0 amide bonds. The highest BCUT2D eigenvalue weighted by molar-refractivity contribution is 7.13. The highest BCUT2D eigenvalue weighted by Crippen LogP contribution is 2.38. The van der Waals surface area contributed by atoms with Gasteiger partial charge in [-0.05, 0) is 24.3 Å². The number of nitrogens with zero attached hydrogens (tertiary/aromatic N) is 2. The van der Waals surface area contributed by atoms with Gasteiger partial charge in [-0.25, -0.2) is 4.98 Å². The summed E-state index contributed by atoms with van der Waals surface area (Å²) >= 11 is 1.76. The molecule has 13 heavy (non-hydrogen) atoms. The second kappa shape index (κ2) is 2.70. The van der Waals surface area contributed by atoms with Crippen LogP contribution >= 0.6 is 11.3 Å². The van der Waals surface area contributed by atoms with Crippen LogP contribution in [0.1, 0.15) is 18.9 Å². The van der Waals surface area contributed by atoms with Crippen LogP contribution in [0.3, 0.4) is 0 Å². The van der Waals surface area contributed by atoms with Gasteiger partial charge in [-0.2, -0.15) is 0 Å². The molecule has 0 aromatic carbocycles. The summed E-state index contributed by atoms with van der Waals surface area (Å²) in [5, 5.41) is 2.10. The van der Waals surface area contributed by atoms with Crippen LogP contribution in [0.25, 0.3) is 10.7 Å². The standard InChI is InChI=1S/C10H10N2S/c1-2-9(13-7-1)10-11-5-6-12(10)8-3-4-8/h1-2,5-8H,3-4H2. The number of hydrogen-bond acceptors (Lipinski definition) is 2. The molecule has 66 valence electrons. The lowest BCUT2D eigenvalue weighted by Crippen LogP contribution is -1.93. The van der Waals surface area contributed by atoms with Crippen molar-refractivity contribution in [2.45, 2.75) is 18.9 Å². The third-order valence-corrected chi connectivity index (χ3v) is 3.22. The first-order chi connectivity index (χ1) is 6.45. The van der Waals surface area contributed by atoms with Gasteiger partial charge in [0, 0.05) is 18.4 Å². The maximum Gasteiger partial charge on any atom is 0.150 e. The fourth-order valence-corrected chi connectivity index (χ4v) is 2.28. The summed E-state index contributed by atoms with van der Waals surface area (Å²) in [5.74, 6) is 1.14. The van der Waals surface area contributed by atoms with Crippen molar-refractivity contribution in [2.75, 3.05) is 0 Å². The Bertz CT molecular complexity index is 398. The molecule has 2 aromatic rings. The molecule has 1 aliphatic rings. The van der Waals surface area contributed by atoms with E-state index in [1.165, 1.54) is 17.7 Å². The van der Waals surface area contributed by atoms with Crippen LogP contribution in [-0.4, -0.2) is 9.55 Å². The molecule has 0 spiro atoms. The van der Waals surface area contributed by atoms with E-state index in [0.717, 1.165) is 11.9 Å². The van der Waals surface area contributed by atoms with Gasteiger partial charge in [0.15, 0.2) is 0 Å². The number of rotatable bonds is 2. The quantitative estimate of drug-likeness (QED) is 0.712. The van der Waals surface area contributed by atoms with Crippen LogP contribution < -0.4 is 0 Å². The Balaban J connectivity index is 2.08. The Morgan fingerprint density at radius 3 is 3.08 bits per heavy atom. The highest BCUT2D eigenvalue weighted by atomic mass is 32.1. The number of thiophene rings is 1. The molecule has 1 aliphatic carbocycles. The molecule has 0 unspecified atom stereocenters. The Kier molecular flexibility index (Phi) is 1.52. The number of imidazole rings is 1.